The van der Waals surface area contributed by atoms with E-state index in [1.807, 2.05) is 43.5 Å². The minimum Gasteiger partial charge on any atom is -0.345 e. The van der Waals surface area contributed by atoms with Crippen molar-refractivity contribution in [1.29, 1.82) is 5.26 Å². The number of nitriles is 1. The fraction of sp³-hybridized carbons (Fsp3) is 0.321. The van der Waals surface area contributed by atoms with Crippen LogP contribution in [-0.2, 0) is 19.6 Å². The second kappa shape index (κ2) is 10.1. The minimum absolute atomic E-state index is 0.140. The Balaban J connectivity index is 1.47. The third-order valence-electron chi connectivity index (χ3n) is 7.49. The van der Waals surface area contributed by atoms with Crippen molar-refractivity contribution < 1.29 is 0 Å². The molecule has 1 saturated heterocycles. The van der Waals surface area contributed by atoms with Gasteiger partial charge in [-0.15, -0.1) is 11.3 Å². The van der Waals surface area contributed by atoms with Crippen molar-refractivity contribution in [3.8, 4) is 17.2 Å². The van der Waals surface area contributed by atoms with E-state index in [1.165, 1.54) is 26.8 Å². The predicted molar refractivity (Wildman–Crippen MR) is 153 cm³/mol. The molecule has 1 aliphatic rings. The van der Waals surface area contributed by atoms with Gasteiger partial charge in [-0.1, -0.05) is 11.6 Å². The molecule has 6 rings (SSSR count). The lowest BCUT2D eigenvalue weighted by molar-refractivity contribution is 0.247. The molecule has 1 N–H and O–H groups in total. The van der Waals surface area contributed by atoms with Crippen LogP contribution in [0.15, 0.2) is 58.5 Å². The number of nitrogens with zero attached hydrogens (tertiary/aromatic N) is 6. The molecule has 0 atom stereocenters. The topological polar surface area (TPSA) is 111 Å². The smallest absolute Gasteiger partial charge is 0.345 e. The highest BCUT2D eigenvalue weighted by molar-refractivity contribution is 7.19. The van der Waals surface area contributed by atoms with Crippen LogP contribution in [0.5, 0.6) is 0 Å². The van der Waals surface area contributed by atoms with E-state index in [-0.39, 0.29) is 6.54 Å². The van der Waals surface area contributed by atoms with E-state index >= 15 is 0 Å². The van der Waals surface area contributed by atoms with Crippen molar-refractivity contribution in [3.63, 3.8) is 0 Å². The van der Waals surface area contributed by atoms with Crippen molar-refractivity contribution in [2.45, 2.75) is 39.4 Å². The molecule has 198 valence electrons. The van der Waals surface area contributed by atoms with Crippen molar-refractivity contribution in [1.82, 2.24) is 29.2 Å². The molecule has 1 fully saturated rings. The molecule has 0 radical (unpaired) electrons. The lowest BCUT2D eigenvalue weighted by Crippen LogP contribution is -2.40. The van der Waals surface area contributed by atoms with Crippen LogP contribution in [0.25, 0.3) is 32.2 Å². The summed E-state index contributed by atoms with van der Waals surface area (Å²) >= 11 is 8.10. The average molecular weight is 560 g/mol. The Morgan fingerprint density at radius 3 is 2.77 bits per heavy atom. The summed E-state index contributed by atoms with van der Waals surface area (Å²) < 4.78 is 5.59. The number of aromatic nitrogens is 5. The summed E-state index contributed by atoms with van der Waals surface area (Å²) in [4.78, 5) is 30.6. The Morgan fingerprint density at radius 1 is 1.18 bits per heavy atom. The number of rotatable bonds is 6. The molecule has 5 aromatic rings. The molecule has 39 heavy (non-hydrogen) atoms. The number of nitrogens with one attached hydrogen (secondary N) is 1. The largest absolute Gasteiger partial charge is 0.347 e. The van der Waals surface area contributed by atoms with E-state index in [0.29, 0.717) is 18.1 Å². The maximum atomic E-state index is 12.7. The van der Waals surface area contributed by atoms with Crippen LogP contribution < -0.4 is 16.6 Å². The molecule has 9 nitrogen and oxygen atoms in total. The third kappa shape index (κ3) is 4.56. The number of fused-ring (bicyclic) bond motifs is 2. The summed E-state index contributed by atoms with van der Waals surface area (Å²) in [5.74, 6) is 0. The van der Waals surface area contributed by atoms with Crippen LogP contribution in [0.2, 0.25) is 5.02 Å². The maximum absolute atomic E-state index is 12.7. The zero-order valence-electron chi connectivity index (χ0n) is 21.4. The van der Waals surface area contributed by atoms with Crippen molar-refractivity contribution in [2.24, 2.45) is 5.41 Å². The highest BCUT2D eigenvalue weighted by Gasteiger charge is 2.33. The molecule has 0 aliphatic carbocycles. The van der Waals surface area contributed by atoms with Gasteiger partial charge in [0.15, 0.2) is 0 Å². The molecular formula is C28H26ClN7O2S. The quantitative estimate of drug-likeness (QED) is 0.333. The van der Waals surface area contributed by atoms with Crippen molar-refractivity contribution in [2.75, 3.05) is 13.1 Å². The van der Waals surface area contributed by atoms with Crippen LogP contribution in [0.1, 0.15) is 24.6 Å². The third-order valence-corrected chi connectivity index (χ3v) is 8.85. The highest BCUT2D eigenvalue weighted by atomic mass is 35.5. The number of hydrogen-bond acceptors (Lipinski definition) is 7. The number of benzene rings is 1. The first-order chi connectivity index (χ1) is 18.9. The summed E-state index contributed by atoms with van der Waals surface area (Å²) in [6, 6.07) is 12.5. The van der Waals surface area contributed by atoms with Gasteiger partial charge in [-0.3, -0.25) is 14.3 Å². The maximum Gasteiger partial charge on any atom is 0.347 e. The SMILES string of the molecule is CCn1ncc(=O)n(Cc2cc3nccc(-c4cc(Cl)cc5ccn(CC6(C#N)CCNCC6)c45)c3s2)c1=O. The normalized spacial score (nSPS) is 15.1. The summed E-state index contributed by atoms with van der Waals surface area (Å²) in [5, 5.41) is 19.0. The van der Waals surface area contributed by atoms with Gasteiger partial charge in [-0.05, 0) is 63.2 Å². The second-order valence-electron chi connectivity index (χ2n) is 9.93. The minimum atomic E-state index is -0.436. The first-order valence-electron chi connectivity index (χ1n) is 12.9. The monoisotopic (exact) mass is 559 g/mol. The molecule has 5 heterocycles. The molecule has 0 unspecified atom stereocenters. The highest BCUT2D eigenvalue weighted by Crippen LogP contribution is 2.40. The van der Waals surface area contributed by atoms with E-state index in [2.05, 4.69) is 26.0 Å². The lowest BCUT2D eigenvalue weighted by Gasteiger charge is -2.32. The van der Waals surface area contributed by atoms with Gasteiger partial charge < -0.3 is 9.88 Å². The second-order valence-corrected chi connectivity index (χ2v) is 11.5. The van der Waals surface area contributed by atoms with Gasteiger partial charge in [0, 0.05) is 51.9 Å². The average Bonchev–Trinajstić information content (AvgIpc) is 3.54. The van der Waals surface area contributed by atoms with Gasteiger partial charge in [-0.25, -0.2) is 9.48 Å². The molecule has 0 spiro atoms. The summed E-state index contributed by atoms with van der Waals surface area (Å²) in [7, 11) is 0. The van der Waals surface area contributed by atoms with Gasteiger partial charge in [-0.2, -0.15) is 10.4 Å². The van der Waals surface area contributed by atoms with Gasteiger partial charge in [0.2, 0.25) is 0 Å². The van der Waals surface area contributed by atoms with Crippen LogP contribution in [-0.4, -0.2) is 37.0 Å². The molecule has 1 aromatic carbocycles. The van der Waals surface area contributed by atoms with Crippen LogP contribution in [0, 0.1) is 16.7 Å². The Bertz CT molecular complexity index is 1870. The van der Waals surface area contributed by atoms with Crippen LogP contribution in [0.3, 0.4) is 0 Å². The van der Waals surface area contributed by atoms with Crippen LogP contribution >= 0.6 is 22.9 Å². The standard InChI is InChI=1S/C28H26ClN7O2S/c1-2-36-27(38)35(24(37)14-33-36)15-20-13-23-26(39-20)21(3-7-32-23)22-12-19(29)11-18-4-10-34(25(18)22)17-28(16-30)5-8-31-9-6-28/h3-4,7,10-14,31H,2,5-6,8-9,15,17H2,1H3. The van der Waals surface area contributed by atoms with Crippen molar-refractivity contribution >= 4 is 44.1 Å². The molecular weight excluding hydrogens is 534 g/mol. The number of thiophene rings is 1. The Morgan fingerprint density at radius 2 is 2.00 bits per heavy atom. The molecule has 0 bridgehead atoms. The first kappa shape index (κ1) is 25.5. The van der Waals surface area contributed by atoms with E-state index in [1.54, 1.807) is 6.20 Å². The summed E-state index contributed by atoms with van der Waals surface area (Å²) in [6.07, 6.45) is 6.58. The van der Waals surface area contributed by atoms with Gasteiger partial charge >= 0.3 is 5.69 Å². The number of pyridine rings is 1. The van der Waals surface area contributed by atoms with Crippen LogP contribution in [0.4, 0.5) is 0 Å². The Hall–Kier alpha value is -3.78. The zero-order valence-corrected chi connectivity index (χ0v) is 22.9. The van der Waals surface area contributed by atoms with E-state index in [4.69, 9.17) is 11.6 Å². The lowest BCUT2D eigenvalue weighted by atomic mass is 9.80. The summed E-state index contributed by atoms with van der Waals surface area (Å²) in [5.41, 5.74) is 2.42. The zero-order chi connectivity index (χ0) is 27.1. The fourth-order valence-electron chi connectivity index (χ4n) is 5.45. The molecule has 0 amide bonds. The summed E-state index contributed by atoms with van der Waals surface area (Å²) in [6.45, 7) is 4.59. The fourth-order valence-corrected chi connectivity index (χ4v) is 6.81. The number of hydrogen-bond donors (Lipinski definition) is 1. The molecule has 4 aromatic heterocycles. The first-order valence-corrected chi connectivity index (χ1v) is 14.1. The van der Waals surface area contributed by atoms with E-state index in [0.717, 1.165) is 63.1 Å². The molecule has 11 heteroatoms. The number of aryl methyl sites for hydroxylation is 1. The number of halogens is 1. The van der Waals surface area contributed by atoms with Gasteiger partial charge in [0.1, 0.15) is 6.20 Å². The predicted octanol–water partition coefficient (Wildman–Crippen LogP) is 4.25. The Kier molecular flexibility index (Phi) is 6.59. The number of piperidine rings is 1. The van der Waals surface area contributed by atoms with Crippen molar-refractivity contribution in [3.05, 3.63) is 79.7 Å². The van der Waals surface area contributed by atoms with Gasteiger partial charge in [0.25, 0.3) is 5.56 Å². The van der Waals surface area contributed by atoms with Gasteiger partial charge in [0.05, 0.1) is 33.8 Å². The van der Waals surface area contributed by atoms with E-state index in [9.17, 15) is 14.9 Å². The Labute approximate surface area is 232 Å². The van der Waals surface area contributed by atoms with E-state index < -0.39 is 16.7 Å². The molecule has 0 saturated carbocycles. The molecule has 1 aliphatic heterocycles.